The minimum absolute atomic E-state index is 0.0625. The number of amides is 1. The van der Waals surface area contributed by atoms with Crippen molar-refractivity contribution in [2.45, 2.75) is 30.8 Å². The maximum atomic E-state index is 13.2. The van der Waals surface area contributed by atoms with Gasteiger partial charge in [0.25, 0.3) is 0 Å². The van der Waals surface area contributed by atoms with Gasteiger partial charge in [-0.2, -0.15) is 0 Å². The number of aromatic nitrogens is 3. The number of thioether (sulfide) groups is 1. The normalized spacial score (nSPS) is 12.2. The maximum absolute atomic E-state index is 13.2. The molecule has 0 spiro atoms. The van der Waals surface area contributed by atoms with Crippen LogP contribution in [0.1, 0.15) is 13.8 Å². The zero-order chi connectivity index (χ0) is 26.1. The number of anilines is 1. The molecule has 38 heavy (non-hydrogen) atoms. The highest BCUT2D eigenvalue weighted by Gasteiger charge is 2.20. The van der Waals surface area contributed by atoms with Crippen molar-refractivity contribution < 1.29 is 4.79 Å². The zero-order valence-corrected chi connectivity index (χ0v) is 22.1. The summed E-state index contributed by atoms with van der Waals surface area (Å²) in [7, 11) is 0. The highest BCUT2D eigenvalue weighted by molar-refractivity contribution is 8.00. The van der Waals surface area contributed by atoms with Gasteiger partial charge >= 0.3 is 0 Å². The van der Waals surface area contributed by atoms with Crippen molar-refractivity contribution in [3.05, 3.63) is 103 Å². The van der Waals surface area contributed by atoms with E-state index in [0.717, 1.165) is 40.1 Å². The third-order valence-electron chi connectivity index (χ3n) is 6.81. The van der Waals surface area contributed by atoms with E-state index >= 15 is 0 Å². The highest BCUT2D eigenvalue weighted by Crippen LogP contribution is 2.35. The van der Waals surface area contributed by atoms with Gasteiger partial charge in [-0.05, 0) is 38.1 Å². The van der Waals surface area contributed by atoms with Crippen LogP contribution in [0.4, 0.5) is 5.69 Å². The van der Waals surface area contributed by atoms with Crippen LogP contribution < -0.4 is 5.32 Å². The van der Waals surface area contributed by atoms with Gasteiger partial charge in [-0.3, -0.25) is 4.79 Å². The molecule has 0 bridgehead atoms. The van der Waals surface area contributed by atoms with Gasteiger partial charge in [-0.25, -0.2) is 4.98 Å². The Kier molecular flexibility index (Phi) is 6.48. The predicted octanol–water partition coefficient (Wildman–Crippen LogP) is 7.99. The molecule has 1 unspecified atom stereocenters. The first kappa shape index (κ1) is 24.1. The second-order valence-electron chi connectivity index (χ2n) is 9.24. The average molecular weight is 517 g/mol. The van der Waals surface area contributed by atoms with Gasteiger partial charge in [0.05, 0.1) is 16.6 Å². The Morgan fingerprint density at radius 3 is 2.26 bits per heavy atom. The number of carbonyl (C=O) groups excluding carboxylic acids is 1. The summed E-state index contributed by atoms with van der Waals surface area (Å²) in [6.07, 6.45) is 0. The van der Waals surface area contributed by atoms with Crippen LogP contribution in [0.15, 0.2) is 108 Å². The lowest BCUT2D eigenvalue weighted by Crippen LogP contribution is -2.22. The number of carbonyl (C=O) groups is 1. The Morgan fingerprint density at radius 2 is 1.53 bits per heavy atom. The van der Waals surface area contributed by atoms with E-state index in [1.54, 1.807) is 0 Å². The molecule has 5 nitrogen and oxygen atoms in total. The molecule has 0 aliphatic rings. The fraction of sp³-hybridized carbons (Fsp3) is 0.125. The molecule has 6 rings (SSSR count). The second-order valence-corrected chi connectivity index (χ2v) is 10.6. The molecule has 2 aromatic heterocycles. The summed E-state index contributed by atoms with van der Waals surface area (Å²) >= 11 is 1.43. The van der Waals surface area contributed by atoms with Gasteiger partial charge in [0, 0.05) is 45.2 Å². The number of imidazole rings is 1. The molecule has 6 heteroatoms. The lowest BCUT2D eigenvalue weighted by Gasteiger charge is -2.11. The van der Waals surface area contributed by atoms with Crippen LogP contribution in [0.3, 0.4) is 0 Å². The van der Waals surface area contributed by atoms with E-state index in [1.807, 2.05) is 49.4 Å². The molecule has 2 N–H and O–H groups in total. The number of H-pyrrole nitrogens is 1. The first-order chi connectivity index (χ1) is 18.6. The van der Waals surface area contributed by atoms with Gasteiger partial charge in [0.1, 0.15) is 0 Å². The number of rotatable bonds is 7. The van der Waals surface area contributed by atoms with Crippen LogP contribution >= 0.6 is 11.8 Å². The number of hydrogen-bond donors (Lipinski definition) is 2. The van der Waals surface area contributed by atoms with Crippen molar-refractivity contribution in [1.82, 2.24) is 14.5 Å². The molecule has 0 aliphatic heterocycles. The monoisotopic (exact) mass is 516 g/mol. The smallest absolute Gasteiger partial charge is 0.237 e. The summed E-state index contributed by atoms with van der Waals surface area (Å²) in [6.45, 7) is 4.96. The van der Waals surface area contributed by atoms with E-state index in [-0.39, 0.29) is 11.2 Å². The Morgan fingerprint density at radius 1 is 0.868 bits per heavy atom. The Hall–Kier alpha value is -4.29. The largest absolute Gasteiger partial charge is 0.341 e. The van der Waals surface area contributed by atoms with Gasteiger partial charge in [0.2, 0.25) is 5.91 Å². The summed E-state index contributed by atoms with van der Waals surface area (Å²) in [5.41, 5.74) is 7.09. The number of aromatic amines is 1. The Balaban J connectivity index is 1.26. The molecule has 0 fully saturated rings. The first-order valence-corrected chi connectivity index (χ1v) is 13.7. The number of hydrogen-bond acceptors (Lipinski definition) is 3. The third-order valence-corrected chi connectivity index (χ3v) is 7.79. The molecular weight excluding hydrogens is 488 g/mol. The lowest BCUT2D eigenvalue weighted by atomic mass is 10.1. The second kappa shape index (κ2) is 10.2. The summed E-state index contributed by atoms with van der Waals surface area (Å²) in [6, 6.07) is 34.9. The molecule has 2 heterocycles. The van der Waals surface area contributed by atoms with Crippen molar-refractivity contribution in [2.75, 3.05) is 5.32 Å². The number of aryl methyl sites for hydroxylation is 1. The molecule has 1 atom stereocenters. The summed E-state index contributed by atoms with van der Waals surface area (Å²) < 4.78 is 2.31. The molecular formula is C32H28N4OS. The van der Waals surface area contributed by atoms with Crippen LogP contribution in [0.25, 0.3) is 44.3 Å². The standard InChI is InChI=1S/C32H28N4OS/c1-3-36-27-17-11-10-16-25(27)26-20-24(18-19-28(26)36)33-31(37)21(2)38-32-34-29(22-12-6-4-7-13-22)30(35-32)23-14-8-5-9-15-23/h4-21H,3H2,1-2H3,(H,33,37)(H,34,35). The fourth-order valence-electron chi connectivity index (χ4n) is 4.96. The van der Waals surface area contributed by atoms with Crippen molar-refractivity contribution in [3.8, 4) is 22.5 Å². The number of nitrogens with zero attached hydrogens (tertiary/aromatic N) is 2. The molecule has 0 radical (unpaired) electrons. The summed E-state index contributed by atoms with van der Waals surface area (Å²) in [4.78, 5) is 21.6. The SMILES string of the molecule is CCn1c2ccccc2c2cc(NC(=O)C(C)Sc3nc(-c4ccccc4)c(-c4ccccc4)[nH]3)ccc21. The lowest BCUT2D eigenvalue weighted by molar-refractivity contribution is -0.115. The van der Waals surface area contributed by atoms with Crippen LogP contribution in [0.2, 0.25) is 0 Å². The van der Waals surface area contributed by atoms with E-state index in [0.29, 0.717) is 5.16 Å². The molecule has 4 aromatic carbocycles. The molecule has 0 saturated heterocycles. The molecule has 6 aromatic rings. The molecule has 188 valence electrons. The minimum atomic E-state index is -0.346. The van der Waals surface area contributed by atoms with Crippen LogP contribution in [-0.4, -0.2) is 25.7 Å². The Labute approximate surface area is 225 Å². The first-order valence-electron chi connectivity index (χ1n) is 12.8. The number of fused-ring (bicyclic) bond motifs is 3. The summed E-state index contributed by atoms with van der Waals surface area (Å²) in [5, 5.41) is 5.83. The number of para-hydroxylation sites is 1. The van der Waals surface area contributed by atoms with Crippen molar-refractivity contribution in [3.63, 3.8) is 0 Å². The van der Waals surface area contributed by atoms with Crippen LogP contribution in [0.5, 0.6) is 0 Å². The van der Waals surface area contributed by atoms with Crippen LogP contribution in [-0.2, 0) is 11.3 Å². The van der Waals surface area contributed by atoms with Gasteiger partial charge < -0.3 is 14.9 Å². The van der Waals surface area contributed by atoms with Crippen molar-refractivity contribution in [1.29, 1.82) is 0 Å². The van der Waals surface area contributed by atoms with E-state index < -0.39 is 0 Å². The number of nitrogens with one attached hydrogen (secondary N) is 2. The van der Waals surface area contributed by atoms with Gasteiger partial charge in [-0.1, -0.05) is 90.6 Å². The zero-order valence-electron chi connectivity index (χ0n) is 21.3. The van der Waals surface area contributed by atoms with Crippen molar-refractivity contribution in [2.24, 2.45) is 0 Å². The predicted molar refractivity (Wildman–Crippen MR) is 159 cm³/mol. The van der Waals surface area contributed by atoms with Crippen molar-refractivity contribution >= 4 is 45.2 Å². The van der Waals surface area contributed by atoms with E-state index in [2.05, 4.69) is 82.5 Å². The van der Waals surface area contributed by atoms with Crippen LogP contribution in [0, 0.1) is 0 Å². The molecule has 0 saturated carbocycles. The maximum Gasteiger partial charge on any atom is 0.237 e. The third kappa shape index (κ3) is 4.48. The van der Waals surface area contributed by atoms with E-state index in [1.165, 1.54) is 28.2 Å². The Bertz CT molecular complexity index is 1680. The quantitative estimate of drug-likeness (QED) is 0.211. The molecule has 1 amide bonds. The highest BCUT2D eigenvalue weighted by atomic mass is 32.2. The fourth-order valence-corrected chi connectivity index (χ4v) is 5.77. The summed E-state index contributed by atoms with van der Waals surface area (Å²) in [5.74, 6) is -0.0625. The van der Waals surface area contributed by atoms with E-state index in [4.69, 9.17) is 4.98 Å². The van der Waals surface area contributed by atoms with Gasteiger partial charge in [-0.15, -0.1) is 0 Å². The topological polar surface area (TPSA) is 62.7 Å². The molecule has 0 aliphatic carbocycles. The van der Waals surface area contributed by atoms with Gasteiger partial charge in [0.15, 0.2) is 5.16 Å². The number of benzene rings is 4. The average Bonchev–Trinajstić information content (AvgIpc) is 3.52. The minimum Gasteiger partial charge on any atom is -0.341 e. The van der Waals surface area contributed by atoms with E-state index in [9.17, 15) is 4.79 Å².